The highest BCUT2D eigenvalue weighted by atomic mass is 15.4. The molecule has 114 valence electrons. The number of hydrogen-bond donors (Lipinski definition) is 2. The van der Waals surface area contributed by atoms with Crippen LogP contribution >= 0.6 is 0 Å². The summed E-state index contributed by atoms with van der Waals surface area (Å²) in [6.45, 7) is 1.99. The van der Waals surface area contributed by atoms with Crippen LogP contribution in [0.5, 0.6) is 0 Å². The maximum Gasteiger partial charge on any atom is 0.208 e. The van der Waals surface area contributed by atoms with Crippen LogP contribution in [0.3, 0.4) is 0 Å². The Labute approximate surface area is 127 Å². The van der Waals surface area contributed by atoms with Gasteiger partial charge in [-0.05, 0) is 36.8 Å². The highest BCUT2D eigenvalue weighted by Crippen LogP contribution is 2.21. The van der Waals surface area contributed by atoms with Crippen LogP contribution in [0, 0.1) is 0 Å². The van der Waals surface area contributed by atoms with E-state index in [2.05, 4.69) is 34.6 Å². The average Bonchev–Trinajstić information content (AvgIpc) is 2.76. The summed E-state index contributed by atoms with van der Waals surface area (Å²) in [4.78, 5) is 7.20. The van der Waals surface area contributed by atoms with Crippen molar-refractivity contribution >= 4 is 5.96 Å². The minimum Gasteiger partial charge on any atom is -0.341 e. The number of rotatable bonds is 1. The van der Waals surface area contributed by atoms with Gasteiger partial charge in [0.25, 0.3) is 0 Å². The molecule has 4 nitrogen and oxygen atoms in total. The predicted molar refractivity (Wildman–Crippen MR) is 87.1 cm³/mol. The number of fused-ring (bicyclic) bond motifs is 1. The molecular weight excluding hydrogens is 260 g/mol. The number of hydrogen-bond acceptors (Lipinski definition) is 2. The molecule has 0 saturated heterocycles. The van der Waals surface area contributed by atoms with Gasteiger partial charge in [-0.25, -0.2) is 10.8 Å². The largest absolute Gasteiger partial charge is 0.341 e. The zero-order valence-corrected chi connectivity index (χ0v) is 12.7. The first-order valence-electron chi connectivity index (χ1n) is 8.23. The second-order valence-electron chi connectivity index (χ2n) is 6.14. The minimum absolute atomic E-state index is 0.454. The molecule has 1 saturated carbocycles. The van der Waals surface area contributed by atoms with Crippen LogP contribution in [-0.2, 0) is 12.8 Å². The van der Waals surface area contributed by atoms with Crippen molar-refractivity contribution in [2.75, 3.05) is 13.1 Å². The van der Waals surface area contributed by atoms with E-state index in [9.17, 15) is 0 Å². The molecule has 0 unspecified atom stereocenters. The van der Waals surface area contributed by atoms with Crippen molar-refractivity contribution in [3.63, 3.8) is 0 Å². The summed E-state index contributed by atoms with van der Waals surface area (Å²) in [6, 6.07) is 9.20. The first-order chi connectivity index (χ1) is 10.4. The third-order valence-corrected chi connectivity index (χ3v) is 4.73. The smallest absolute Gasteiger partial charge is 0.208 e. The Hall–Kier alpha value is -1.55. The van der Waals surface area contributed by atoms with E-state index in [1.54, 1.807) is 0 Å². The van der Waals surface area contributed by atoms with E-state index >= 15 is 0 Å². The Morgan fingerprint density at radius 1 is 1.05 bits per heavy atom. The zero-order valence-electron chi connectivity index (χ0n) is 12.7. The standard InChI is InChI=1S/C17H26N4/c18-20-17(19-16-8-2-1-3-9-16)21-12-10-14-6-4-5-7-15(14)11-13-21/h4-7,16H,1-3,8-13,18H2,(H,19,20). The Balaban J connectivity index is 1.69. The molecule has 0 spiro atoms. The normalized spacial score (nSPS) is 20.8. The van der Waals surface area contributed by atoms with Gasteiger partial charge in [0.1, 0.15) is 0 Å². The predicted octanol–water partition coefficient (Wildman–Crippen LogP) is 2.24. The van der Waals surface area contributed by atoms with Gasteiger partial charge in [0.2, 0.25) is 5.96 Å². The topological polar surface area (TPSA) is 53.6 Å². The van der Waals surface area contributed by atoms with Crippen LogP contribution in [-0.4, -0.2) is 30.0 Å². The molecule has 0 radical (unpaired) electrons. The SMILES string of the molecule is NNC(=NC1CCCCC1)N1CCc2ccccc2CC1. The fourth-order valence-electron chi connectivity index (χ4n) is 3.47. The lowest BCUT2D eigenvalue weighted by Gasteiger charge is -2.26. The number of nitrogens with two attached hydrogens (primary N) is 1. The summed E-state index contributed by atoms with van der Waals surface area (Å²) in [5, 5.41) is 0. The molecule has 3 N–H and O–H groups in total. The van der Waals surface area contributed by atoms with Crippen molar-refractivity contribution in [3.05, 3.63) is 35.4 Å². The highest BCUT2D eigenvalue weighted by Gasteiger charge is 2.19. The monoisotopic (exact) mass is 286 g/mol. The summed E-state index contributed by atoms with van der Waals surface area (Å²) in [5.74, 6) is 6.64. The Kier molecular flexibility index (Phi) is 4.76. The molecule has 1 aromatic carbocycles. The van der Waals surface area contributed by atoms with Crippen molar-refractivity contribution in [1.29, 1.82) is 0 Å². The van der Waals surface area contributed by atoms with Crippen molar-refractivity contribution in [2.24, 2.45) is 10.8 Å². The number of aliphatic imine (C=N–C) groups is 1. The van der Waals surface area contributed by atoms with Gasteiger partial charge in [-0.3, -0.25) is 5.43 Å². The number of hydrazine groups is 1. The lowest BCUT2D eigenvalue weighted by atomic mass is 9.96. The van der Waals surface area contributed by atoms with E-state index in [1.165, 1.54) is 43.2 Å². The van der Waals surface area contributed by atoms with Crippen LogP contribution in [0.4, 0.5) is 0 Å². The maximum absolute atomic E-state index is 5.75. The first kappa shape index (κ1) is 14.4. The van der Waals surface area contributed by atoms with Crippen molar-refractivity contribution in [1.82, 2.24) is 10.3 Å². The molecule has 0 aromatic heterocycles. The van der Waals surface area contributed by atoms with Crippen molar-refractivity contribution < 1.29 is 0 Å². The van der Waals surface area contributed by atoms with Gasteiger partial charge < -0.3 is 4.90 Å². The molecule has 1 aliphatic heterocycles. The molecular formula is C17H26N4. The van der Waals surface area contributed by atoms with E-state index in [1.807, 2.05) is 0 Å². The van der Waals surface area contributed by atoms with Gasteiger partial charge in [-0.2, -0.15) is 0 Å². The number of guanidine groups is 1. The average molecular weight is 286 g/mol. The van der Waals surface area contributed by atoms with Gasteiger partial charge in [0.05, 0.1) is 6.04 Å². The molecule has 1 aliphatic carbocycles. The lowest BCUT2D eigenvalue weighted by Crippen LogP contribution is -2.46. The summed E-state index contributed by atoms with van der Waals surface area (Å²) < 4.78 is 0. The van der Waals surface area contributed by atoms with Gasteiger partial charge >= 0.3 is 0 Å². The summed E-state index contributed by atoms with van der Waals surface area (Å²) in [5.41, 5.74) is 5.78. The van der Waals surface area contributed by atoms with Gasteiger partial charge in [0.15, 0.2) is 0 Å². The third-order valence-electron chi connectivity index (χ3n) is 4.73. The molecule has 1 aromatic rings. The highest BCUT2D eigenvalue weighted by molar-refractivity contribution is 5.79. The number of nitrogens with one attached hydrogen (secondary N) is 1. The quantitative estimate of drug-likeness (QED) is 0.360. The molecule has 0 atom stereocenters. The van der Waals surface area contributed by atoms with Gasteiger partial charge in [-0.1, -0.05) is 43.5 Å². The van der Waals surface area contributed by atoms with Gasteiger partial charge in [-0.15, -0.1) is 0 Å². The van der Waals surface area contributed by atoms with Crippen molar-refractivity contribution in [2.45, 2.75) is 51.0 Å². The van der Waals surface area contributed by atoms with E-state index in [-0.39, 0.29) is 0 Å². The molecule has 2 aliphatic rings. The van der Waals surface area contributed by atoms with E-state index in [0.717, 1.165) is 31.9 Å². The number of benzene rings is 1. The minimum atomic E-state index is 0.454. The summed E-state index contributed by atoms with van der Waals surface area (Å²) in [6.07, 6.45) is 8.52. The van der Waals surface area contributed by atoms with Crippen LogP contribution in [0.1, 0.15) is 43.2 Å². The molecule has 1 fully saturated rings. The fourth-order valence-corrected chi connectivity index (χ4v) is 3.47. The van der Waals surface area contributed by atoms with E-state index in [4.69, 9.17) is 10.8 Å². The van der Waals surface area contributed by atoms with Crippen LogP contribution in [0.25, 0.3) is 0 Å². The first-order valence-corrected chi connectivity index (χ1v) is 8.23. The van der Waals surface area contributed by atoms with E-state index in [0.29, 0.717) is 6.04 Å². The lowest BCUT2D eigenvalue weighted by molar-refractivity contribution is 0.400. The summed E-state index contributed by atoms with van der Waals surface area (Å²) >= 11 is 0. The second kappa shape index (κ2) is 6.94. The molecule has 0 amide bonds. The maximum atomic E-state index is 5.75. The Morgan fingerprint density at radius 3 is 2.24 bits per heavy atom. The van der Waals surface area contributed by atoms with Crippen molar-refractivity contribution in [3.8, 4) is 0 Å². The molecule has 4 heteroatoms. The molecule has 1 heterocycles. The van der Waals surface area contributed by atoms with Crippen LogP contribution in [0.2, 0.25) is 0 Å². The molecule has 0 bridgehead atoms. The van der Waals surface area contributed by atoms with Crippen LogP contribution in [0.15, 0.2) is 29.3 Å². The van der Waals surface area contributed by atoms with Gasteiger partial charge in [0, 0.05) is 13.1 Å². The van der Waals surface area contributed by atoms with Crippen LogP contribution < -0.4 is 11.3 Å². The second-order valence-corrected chi connectivity index (χ2v) is 6.14. The third kappa shape index (κ3) is 3.56. The summed E-state index contributed by atoms with van der Waals surface area (Å²) in [7, 11) is 0. The molecule has 21 heavy (non-hydrogen) atoms. The van der Waals surface area contributed by atoms with E-state index < -0.39 is 0 Å². The number of nitrogens with zero attached hydrogens (tertiary/aromatic N) is 2. The Morgan fingerprint density at radius 2 is 1.67 bits per heavy atom. The fraction of sp³-hybridized carbons (Fsp3) is 0.588. The Bertz CT molecular complexity index is 464. The molecule has 3 rings (SSSR count). The zero-order chi connectivity index (χ0) is 14.5.